The van der Waals surface area contributed by atoms with Crippen LogP contribution in [0.2, 0.25) is 0 Å². The van der Waals surface area contributed by atoms with E-state index < -0.39 is 0 Å². The Morgan fingerprint density at radius 1 is 1.24 bits per heavy atom. The number of rotatable bonds is 1. The van der Waals surface area contributed by atoms with E-state index in [4.69, 9.17) is 0 Å². The summed E-state index contributed by atoms with van der Waals surface area (Å²) in [6.45, 7) is 2.55. The van der Waals surface area contributed by atoms with Crippen LogP contribution in [0.15, 0.2) is 24.3 Å². The fraction of sp³-hybridized carbons (Fsp3) is 0.471. The first-order chi connectivity index (χ1) is 10.3. The van der Waals surface area contributed by atoms with Crippen LogP contribution in [0.4, 0.5) is 0 Å². The molecule has 0 aliphatic carbocycles. The number of benzene rings is 1. The first-order valence-corrected chi connectivity index (χ1v) is 7.93. The SMILES string of the molecule is O=C(C1CCCCN1)N1CCc2[nH]c3ccccc3c2C1. The molecule has 3 heterocycles. The van der Waals surface area contributed by atoms with Crippen molar-refractivity contribution >= 4 is 16.8 Å². The van der Waals surface area contributed by atoms with Gasteiger partial charge in [-0.1, -0.05) is 24.6 Å². The molecule has 4 rings (SSSR count). The zero-order valence-corrected chi connectivity index (χ0v) is 12.2. The van der Waals surface area contributed by atoms with Gasteiger partial charge < -0.3 is 15.2 Å². The maximum atomic E-state index is 12.7. The quantitative estimate of drug-likeness (QED) is 0.843. The third kappa shape index (κ3) is 2.23. The molecule has 2 aliphatic rings. The smallest absolute Gasteiger partial charge is 0.240 e. The van der Waals surface area contributed by atoms with E-state index in [-0.39, 0.29) is 11.9 Å². The van der Waals surface area contributed by atoms with Gasteiger partial charge in [-0.3, -0.25) is 4.79 Å². The number of amides is 1. The van der Waals surface area contributed by atoms with Gasteiger partial charge in [-0.25, -0.2) is 0 Å². The Bertz CT molecular complexity index is 670. The van der Waals surface area contributed by atoms with Gasteiger partial charge in [-0.15, -0.1) is 0 Å². The molecule has 0 radical (unpaired) electrons. The second-order valence-electron chi connectivity index (χ2n) is 6.14. The minimum atomic E-state index is 0.0329. The van der Waals surface area contributed by atoms with E-state index >= 15 is 0 Å². The second-order valence-corrected chi connectivity index (χ2v) is 6.14. The van der Waals surface area contributed by atoms with Crippen LogP contribution in [0.1, 0.15) is 30.5 Å². The summed E-state index contributed by atoms with van der Waals surface area (Å²) < 4.78 is 0. The maximum Gasteiger partial charge on any atom is 0.240 e. The van der Waals surface area contributed by atoms with E-state index in [0.717, 1.165) is 38.9 Å². The van der Waals surface area contributed by atoms with Crippen molar-refractivity contribution in [2.75, 3.05) is 13.1 Å². The third-order valence-electron chi connectivity index (χ3n) is 4.80. The zero-order chi connectivity index (χ0) is 14.2. The fourth-order valence-electron chi connectivity index (χ4n) is 3.64. The molecule has 110 valence electrons. The van der Waals surface area contributed by atoms with Gasteiger partial charge >= 0.3 is 0 Å². The van der Waals surface area contributed by atoms with E-state index in [9.17, 15) is 4.79 Å². The standard InChI is InChI=1S/C17H21N3O/c21-17(16-7-3-4-9-18-16)20-10-8-15-13(11-20)12-5-1-2-6-14(12)19-15/h1-2,5-6,16,18-19H,3-4,7-11H2. The van der Waals surface area contributed by atoms with E-state index in [2.05, 4.69) is 34.6 Å². The Kier molecular flexibility index (Phi) is 3.19. The van der Waals surface area contributed by atoms with Crippen LogP contribution in [-0.2, 0) is 17.8 Å². The molecule has 2 aromatic rings. The third-order valence-corrected chi connectivity index (χ3v) is 4.80. The molecule has 4 heteroatoms. The number of para-hydroxylation sites is 1. The second kappa shape index (κ2) is 5.19. The van der Waals surface area contributed by atoms with Gasteiger partial charge in [0, 0.05) is 41.7 Å². The molecule has 0 spiro atoms. The molecule has 1 aromatic heterocycles. The lowest BCUT2D eigenvalue weighted by Gasteiger charge is -2.32. The lowest BCUT2D eigenvalue weighted by molar-refractivity contribution is -0.134. The number of nitrogens with one attached hydrogen (secondary N) is 2. The van der Waals surface area contributed by atoms with E-state index in [1.54, 1.807) is 0 Å². The van der Waals surface area contributed by atoms with Gasteiger partial charge in [0.05, 0.1) is 6.04 Å². The highest BCUT2D eigenvalue weighted by atomic mass is 16.2. The molecule has 1 unspecified atom stereocenters. The largest absolute Gasteiger partial charge is 0.358 e. The van der Waals surface area contributed by atoms with Crippen molar-refractivity contribution in [2.45, 2.75) is 38.3 Å². The number of aromatic nitrogens is 1. The Labute approximate surface area is 124 Å². The number of aromatic amines is 1. The van der Waals surface area contributed by atoms with Crippen LogP contribution < -0.4 is 5.32 Å². The highest BCUT2D eigenvalue weighted by molar-refractivity contribution is 5.87. The van der Waals surface area contributed by atoms with Crippen LogP contribution in [0.5, 0.6) is 0 Å². The minimum Gasteiger partial charge on any atom is -0.358 e. The monoisotopic (exact) mass is 283 g/mol. The normalized spacial score (nSPS) is 22.3. The molecule has 1 fully saturated rings. The van der Waals surface area contributed by atoms with E-state index in [0.29, 0.717) is 0 Å². The number of piperidine rings is 1. The summed E-state index contributed by atoms with van der Waals surface area (Å²) in [5.41, 5.74) is 3.80. The van der Waals surface area contributed by atoms with Crippen LogP contribution >= 0.6 is 0 Å². The highest BCUT2D eigenvalue weighted by Gasteiger charge is 2.29. The molecule has 0 saturated carbocycles. The fourth-order valence-corrected chi connectivity index (χ4v) is 3.64. The molecule has 1 amide bonds. The van der Waals surface area contributed by atoms with Gasteiger partial charge in [0.15, 0.2) is 0 Å². The van der Waals surface area contributed by atoms with Crippen LogP contribution in [0.3, 0.4) is 0 Å². The predicted octanol–water partition coefficient (Wildman–Crippen LogP) is 2.19. The number of carbonyl (C=O) groups is 1. The average Bonchev–Trinajstić information content (AvgIpc) is 2.93. The number of hydrogen-bond acceptors (Lipinski definition) is 2. The summed E-state index contributed by atoms with van der Waals surface area (Å²) in [6, 6.07) is 8.42. The Hall–Kier alpha value is -1.81. The van der Waals surface area contributed by atoms with Crippen molar-refractivity contribution < 1.29 is 4.79 Å². The lowest BCUT2D eigenvalue weighted by atomic mass is 10.0. The van der Waals surface area contributed by atoms with Crippen molar-refractivity contribution in [1.29, 1.82) is 0 Å². The van der Waals surface area contributed by atoms with Gasteiger partial charge in [-0.05, 0) is 25.5 Å². The zero-order valence-electron chi connectivity index (χ0n) is 12.2. The molecule has 2 N–H and O–H groups in total. The topological polar surface area (TPSA) is 48.1 Å². The molecule has 1 aromatic carbocycles. The Balaban J connectivity index is 1.59. The van der Waals surface area contributed by atoms with Crippen LogP contribution in [-0.4, -0.2) is 34.9 Å². The summed E-state index contributed by atoms with van der Waals surface area (Å²) in [7, 11) is 0. The van der Waals surface area contributed by atoms with Crippen LogP contribution in [0, 0.1) is 0 Å². The summed E-state index contributed by atoms with van der Waals surface area (Å²) in [4.78, 5) is 18.2. The van der Waals surface area contributed by atoms with Crippen LogP contribution in [0.25, 0.3) is 10.9 Å². The summed E-state index contributed by atoms with van der Waals surface area (Å²) >= 11 is 0. The number of carbonyl (C=O) groups excluding carboxylic acids is 1. The Morgan fingerprint density at radius 3 is 3.00 bits per heavy atom. The number of H-pyrrole nitrogens is 1. The molecular weight excluding hydrogens is 262 g/mol. The van der Waals surface area contributed by atoms with Crippen molar-refractivity contribution in [3.63, 3.8) is 0 Å². The lowest BCUT2D eigenvalue weighted by Crippen LogP contribution is -2.49. The molecular formula is C17H21N3O. The summed E-state index contributed by atoms with van der Waals surface area (Å²) in [6.07, 6.45) is 4.27. The van der Waals surface area contributed by atoms with E-state index in [1.807, 2.05) is 4.90 Å². The average molecular weight is 283 g/mol. The van der Waals surface area contributed by atoms with E-state index in [1.165, 1.54) is 28.6 Å². The van der Waals surface area contributed by atoms with Gasteiger partial charge in [0.1, 0.15) is 0 Å². The molecule has 4 nitrogen and oxygen atoms in total. The van der Waals surface area contributed by atoms with Crippen molar-refractivity contribution in [3.05, 3.63) is 35.5 Å². The van der Waals surface area contributed by atoms with Gasteiger partial charge in [0.2, 0.25) is 5.91 Å². The molecule has 2 aliphatic heterocycles. The summed E-state index contributed by atoms with van der Waals surface area (Å²) in [5.74, 6) is 0.283. The summed E-state index contributed by atoms with van der Waals surface area (Å²) in [5, 5.41) is 4.64. The maximum absolute atomic E-state index is 12.7. The highest BCUT2D eigenvalue weighted by Crippen LogP contribution is 2.28. The first kappa shape index (κ1) is 12.9. The first-order valence-electron chi connectivity index (χ1n) is 7.93. The molecule has 1 atom stereocenters. The van der Waals surface area contributed by atoms with Gasteiger partial charge in [0.25, 0.3) is 0 Å². The molecule has 21 heavy (non-hydrogen) atoms. The molecule has 1 saturated heterocycles. The predicted molar refractivity (Wildman–Crippen MR) is 83.1 cm³/mol. The number of nitrogens with zero attached hydrogens (tertiary/aromatic N) is 1. The van der Waals surface area contributed by atoms with Crippen molar-refractivity contribution in [2.24, 2.45) is 0 Å². The van der Waals surface area contributed by atoms with Crippen molar-refractivity contribution in [3.8, 4) is 0 Å². The van der Waals surface area contributed by atoms with Gasteiger partial charge in [-0.2, -0.15) is 0 Å². The number of hydrogen-bond donors (Lipinski definition) is 2. The van der Waals surface area contributed by atoms with Crippen molar-refractivity contribution in [1.82, 2.24) is 15.2 Å². The number of fused-ring (bicyclic) bond motifs is 3. The minimum absolute atomic E-state index is 0.0329. The molecule has 0 bridgehead atoms. The Morgan fingerprint density at radius 2 is 2.14 bits per heavy atom.